The van der Waals surface area contributed by atoms with E-state index >= 15 is 0 Å². The van der Waals surface area contributed by atoms with Crippen molar-refractivity contribution in [3.63, 3.8) is 0 Å². The molecule has 2 N–H and O–H groups in total. The van der Waals surface area contributed by atoms with Crippen LogP contribution >= 0.6 is 0 Å². The summed E-state index contributed by atoms with van der Waals surface area (Å²) in [6.45, 7) is 5.73. The minimum atomic E-state index is 0.0234. The van der Waals surface area contributed by atoms with E-state index in [2.05, 4.69) is 27.9 Å². The van der Waals surface area contributed by atoms with Crippen LogP contribution in [0.3, 0.4) is 0 Å². The molecule has 2 aromatic heterocycles. The molecular weight excluding hydrogens is 236 g/mol. The van der Waals surface area contributed by atoms with E-state index in [4.69, 9.17) is 5.73 Å². The summed E-state index contributed by atoms with van der Waals surface area (Å²) in [4.78, 5) is 11.0. The average Bonchev–Trinajstić information content (AvgIpc) is 2.46. The third kappa shape index (κ3) is 3.51. The number of nitrogens with zero attached hydrogens (tertiary/aromatic N) is 3. The normalized spacial score (nSPS) is 12.2. The molecule has 0 aliphatic heterocycles. The number of hydrogen-bond donors (Lipinski definition) is 1. The van der Waals surface area contributed by atoms with Crippen molar-refractivity contribution in [3.8, 4) is 0 Å². The van der Waals surface area contributed by atoms with E-state index in [0.29, 0.717) is 0 Å². The summed E-state index contributed by atoms with van der Waals surface area (Å²) in [5, 5.41) is 0. The molecule has 0 saturated heterocycles. The van der Waals surface area contributed by atoms with Gasteiger partial charge >= 0.3 is 0 Å². The van der Waals surface area contributed by atoms with Gasteiger partial charge < -0.3 is 10.6 Å². The highest BCUT2D eigenvalue weighted by atomic mass is 15.2. The van der Waals surface area contributed by atoms with Gasteiger partial charge in [0.25, 0.3) is 0 Å². The van der Waals surface area contributed by atoms with E-state index in [9.17, 15) is 0 Å². The lowest BCUT2D eigenvalue weighted by Crippen LogP contribution is -2.24. The molecule has 1 atom stereocenters. The number of rotatable bonds is 5. The first-order chi connectivity index (χ1) is 9.20. The van der Waals surface area contributed by atoms with Gasteiger partial charge in [-0.25, -0.2) is 4.98 Å². The van der Waals surface area contributed by atoms with Gasteiger partial charge in [0.1, 0.15) is 5.82 Å². The van der Waals surface area contributed by atoms with E-state index in [1.807, 2.05) is 43.6 Å². The summed E-state index contributed by atoms with van der Waals surface area (Å²) in [6, 6.07) is 9.99. The molecule has 0 amide bonds. The van der Waals surface area contributed by atoms with Crippen molar-refractivity contribution in [1.82, 2.24) is 9.97 Å². The maximum atomic E-state index is 5.92. The highest BCUT2D eigenvalue weighted by Gasteiger charge is 2.09. The van der Waals surface area contributed by atoms with Gasteiger partial charge in [-0.2, -0.15) is 0 Å². The highest BCUT2D eigenvalue weighted by molar-refractivity contribution is 5.42. The van der Waals surface area contributed by atoms with Crippen LogP contribution in [-0.2, 0) is 6.54 Å². The number of nitrogens with two attached hydrogens (primary N) is 1. The quantitative estimate of drug-likeness (QED) is 0.893. The predicted molar refractivity (Wildman–Crippen MR) is 77.8 cm³/mol. The van der Waals surface area contributed by atoms with Gasteiger partial charge in [0.05, 0.1) is 12.2 Å². The Morgan fingerprint density at radius 1 is 1.21 bits per heavy atom. The molecule has 2 aromatic rings. The molecule has 0 saturated carbocycles. The van der Waals surface area contributed by atoms with Crippen molar-refractivity contribution < 1.29 is 0 Å². The summed E-state index contributed by atoms with van der Waals surface area (Å²) in [5.41, 5.74) is 8.06. The van der Waals surface area contributed by atoms with Crippen molar-refractivity contribution in [3.05, 3.63) is 54.0 Å². The number of aromatic nitrogens is 2. The zero-order valence-corrected chi connectivity index (χ0v) is 11.5. The molecule has 0 fully saturated rings. The molecule has 0 aliphatic rings. The number of hydrogen-bond acceptors (Lipinski definition) is 4. The Balaban J connectivity index is 2.20. The Bertz CT molecular complexity index is 511. The monoisotopic (exact) mass is 256 g/mol. The summed E-state index contributed by atoms with van der Waals surface area (Å²) >= 11 is 0. The second kappa shape index (κ2) is 6.29. The van der Waals surface area contributed by atoms with Crippen LogP contribution in [0.4, 0.5) is 5.82 Å². The number of anilines is 1. The van der Waals surface area contributed by atoms with E-state index < -0.39 is 0 Å². The van der Waals surface area contributed by atoms with Gasteiger partial charge in [-0.05, 0) is 43.7 Å². The Labute approximate surface area is 114 Å². The van der Waals surface area contributed by atoms with Crippen LogP contribution in [0.2, 0.25) is 0 Å². The fourth-order valence-corrected chi connectivity index (χ4v) is 1.93. The standard InChI is InChI=1S/C15H20N4/c1-3-19(11-14-6-4-5-8-17-14)15-10-13(12(2)16)7-9-18-15/h4-10,12H,3,11,16H2,1-2H3/t12-/m0/s1. The zero-order valence-electron chi connectivity index (χ0n) is 11.5. The minimum Gasteiger partial charge on any atom is -0.351 e. The lowest BCUT2D eigenvalue weighted by molar-refractivity contribution is 0.779. The van der Waals surface area contributed by atoms with E-state index in [1.54, 1.807) is 0 Å². The molecule has 0 aliphatic carbocycles. The van der Waals surface area contributed by atoms with Gasteiger partial charge in [-0.15, -0.1) is 0 Å². The van der Waals surface area contributed by atoms with Crippen LogP contribution in [0, 0.1) is 0 Å². The Kier molecular flexibility index (Phi) is 4.47. The van der Waals surface area contributed by atoms with Gasteiger partial charge in [0.15, 0.2) is 0 Å². The molecule has 100 valence electrons. The van der Waals surface area contributed by atoms with Gasteiger partial charge in [-0.1, -0.05) is 6.07 Å². The number of pyridine rings is 2. The van der Waals surface area contributed by atoms with Gasteiger partial charge in [-0.3, -0.25) is 4.98 Å². The molecule has 0 unspecified atom stereocenters. The Morgan fingerprint density at radius 2 is 2.05 bits per heavy atom. The molecule has 4 nitrogen and oxygen atoms in total. The van der Waals surface area contributed by atoms with Crippen LogP contribution in [0.15, 0.2) is 42.7 Å². The second-order valence-corrected chi connectivity index (χ2v) is 4.57. The fraction of sp³-hybridized carbons (Fsp3) is 0.333. The molecule has 0 bridgehead atoms. The maximum absolute atomic E-state index is 5.92. The lowest BCUT2D eigenvalue weighted by Gasteiger charge is -2.22. The fourth-order valence-electron chi connectivity index (χ4n) is 1.93. The minimum absolute atomic E-state index is 0.0234. The Morgan fingerprint density at radius 3 is 2.68 bits per heavy atom. The molecule has 19 heavy (non-hydrogen) atoms. The summed E-state index contributed by atoms with van der Waals surface area (Å²) in [7, 11) is 0. The summed E-state index contributed by atoms with van der Waals surface area (Å²) in [5.74, 6) is 0.947. The third-order valence-electron chi connectivity index (χ3n) is 3.08. The van der Waals surface area contributed by atoms with Crippen molar-refractivity contribution in [2.24, 2.45) is 5.73 Å². The first-order valence-corrected chi connectivity index (χ1v) is 6.57. The molecule has 0 aromatic carbocycles. The van der Waals surface area contributed by atoms with Crippen molar-refractivity contribution >= 4 is 5.82 Å². The van der Waals surface area contributed by atoms with Crippen molar-refractivity contribution in [2.45, 2.75) is 26.4 Å². The highest BCUT2D eigenvalue weighted by Crippen LogP contribution is 2.18. The molecule has 2 rings (SSSR count). The molecule has 4 heteroatoms. The first kappa shape index (κ1) is 13.5. The summed E-state index contributed by atoms with van der Waals surface area (Å²) in [6.07, 6.45) is 3.63. The first-order valence-electron chi connectivity index (χ1n) is 6.57. The zero-order chi connectivity index (χ0) is 13.7. The largest absolute Gasteiger partial charge is 0.351 e. The SMILES string of the molecule is CCN(Cc1ccccn1)c1cc([C@H](C)N)ccn1. The predicted octanol–water partition coefficient (Wildman–Crippen LogP) is 2.52. The molecular formula is C15H20N4. The van der Waals surface area contributed by atoms with E-state index in [0.717, 1.165) is 30.2 Å². The van der Waals surface area contributed by atoms with Crippen LogP contribution in [0.25, 0.3) is 0 Å². The Hall–Kier alpha value is -1.94. The third-order valence-corrected chi connectivity index (χ3v) is 3.08. The topological polar surface area (TPSA) is 55.0 Å². The average molecular weight is 256 g/mol. The molecule has 0 spiro atoms. The van der Waals surface area contributed by atoms with Crippen LogP contribution in [0.5, 0.6) is 0 Å². The lowest BCUT2D eigenvalue weighted by atomic mass is 10.1. The molecule has 2 heterocycles. The van der Waals surface area contributed by atoms with Crippen LogP contribution < -0.4 is 10.6 Å². The van der Waals surface area contributed by atoms with Gasteiger partial charge in [0.2, 0.25) is 0 Å². The van der Waals surface area contributed by atoms with Crippen molar-refractivity contribution in [1.29, 1.82) is 0 Å². The van der Waals surface area contributed by atoms with Crippen molar-refractivity contribution in [2.75, 3.05) is 11.4 Å². The van der Waals surface area contributed by atoms with E-state index in [-0.39, 0.29) is 6.04 Å². The van der Waals surface area contributed by atoms with Crippen LogP contribution in [0.1, 0.15) is 31.1 Å². The van der Waals surface area contributed by atoms with Crippen LogP contribution in [-0.4, -0.2) is 16.5 Å². The second-order valence-electron chi connectivity index (χ2n) is 4.57. The van der Waals surface area contributed by atoms with Gasteiger partial charge in [0, 0.05) is 25.0 Å². The maximum Gasteiger partial charge on any atom is 0.129 e. The van der Waals surface area contributed by atoms with E-state index in [1.165, 1.54) is 0 Å². The molecule has 0 radical (unpaired) electrons. The summed E-state index contributed by atoms with van der Waals surface area (Å²) < 4.78 is 0. The smallest absolute Gasteiger partial charge is 0.129 e.